The summed E-state index contributed by atoms with van der Waals surface area (Å²) >= 11 is 0. The number of hydrogen-bond acceptors (Lipinski definition) is 3. The van der Waals surface area contributed by atoms with Crippen LogP contribution in [0.5, 0.6) is 0 Å². The summed E-state index contributed by atoms with van der Waals surface area (Å²) in [6, 6.07) is 0.214. The highest BCUT2D eigenvalue weighted by Gasteiger charge is 2.51. The maximum Gasteiger partial charge on any atom is 0.239 e. The Morgan fingerprint density at radius 3 is 2.20 bits per heavy atom. The zero-order valence-electron chi connectivity index (χ0n) is 15.0. The Hall–Kier alpha value is -0.810. The molecular weight excluding hydrogens is 338 g/mol. The zero-order chi connectivity index (χ0) is 16.6. The molecule has 0 unspecified atom stereocenters. The molecule has 5 rings (SSSR count). The van der Waals surface area contributed by atoms with E-state index in [0.717, 1.165) is 43.7 Å². The minimum Gasteiger partial charge on any atom is -0.351 e. The van der Waals surface area contributed by atoms with Crippen molar-refractivity contribution < 1.29 is 9.59 Å². The largest absolute Gasteiger partial charge is 0.351 e. The average Bonchev–Trinajstić information content (AvgIpc) is 2.52. The van der Waals surface area contributed by atoms with Gasteiger partial charge >= 0.3 is 0 Å². The first-order valence-corrected chi connectivity index (χ1v) is 9.87. The summed E-state index contributed by atoms with van der Waals surface area (Å²) in [4.78, 5) is 24.4. The first-order chi connectivity index (χ1) is 11.6. The molecule has 0 aromatic rings. The number of hydrogen-bond donors (Lipinski definition) is 3. The lowest BCUT2D eigenvalue weighted by Gasteiger charge is -2.56. The molecule has 5 fully saturated rings. The van der Waals surface area contributed by atoms with Gasteiger partial charge in [0.15, 0.2) is 0 Å². The maximum absolute atomic E-state index is 12.4. The van der Waals surface area contributed by atoms with Crippen molar-refractivity contribution in [1.82, 2.24) is 16.0 Å². The highest BCUT2D eigenvalue weighted by Crippen LogP contribution is 2.61. The second-order valence-corrected chi connectivity index (χ2v) is 8.98. The standard InChI is InChI=1S/C19H31N3O2.ClH/c23-17(21-12-18(24)22-16-2-1-3-20-11-16)10-19-7-13-4-14(8-19)6-15(5-13)9-19;/h13-16,20H,1-12H2,(H,21,23)(H,22,24);1H/t13?,14?,15?,16-,19?;/m0./s1. The fraction of sp³-hybridized carbons (Fsp3) is 0.895. The summed E-state index contributed by atoms with van der Waals surface area (Å²) in [6.07, 6.45) is 10.7. The summed E-state index contributed by atoms with van der Waals surface area (Å²) in [5.74, 6) is 2.62. The fourth-order valence-electron chi connectivity index (χ4n) is 6.34. The van der Waals surface area contributed by atoms with Gasteiger partial charge in [-0.25, -0.2) is 0 Å². The number of amides is 2. The average molecular weight is 370 g/mol. The molecule has 6 heteroatoms. The molecule has 4 aliphatic carbocycles. The van der Waals surface area contributed by atoms with Gasteiger partial charge in [0.05, 0.1) is 6.54 Å². The summed E-state index contributed by atoms with van der Waals surface area (Å²) in [5.41, 5.74) is 0.253. The first kappa shape index (κ1) is 19.0. The van der Waals surface area contributed by atoms with E-state index in [4.69, 9.17) is 0 Å². The van der Waals surface area contributed by atoms with Gasteiger partial charge in [-0.15, -0.1) is 12.4 Å². The van der Waals surface area contributed by atoms with Crippen LogP contribution in [0.1, 0.15) is 57.8 Å². The van der Waals surface area contributed by atoms with Gasteiger partial charge < -0.3 is 16.0 Å². The molecule has 1 heterocycles. The van der Waals surface area contributed by atoms with Crippen LogP contribution in [-0.2, 0) is 9.59 Å². The van der Waals surface area contributed by atoms with Crippen molar-refractivity contribution in [2.75, 3.05) is 19.6 Å². The lowest BCUT2D eigenvalue weighted by molar-refractivity contribution is -0.132. The number of piperidine rings is 1. The topological polar surface area (TPSA) is 70.2 Å². The Morgan fingerprint density at radius 1 is 1.00 bits per heavy atom. The predicted octanol–water partition coefficient (Wildman–Crippen LogP) is 2.00. The molecule has 4 bridgehead atoms. The molecule has 1 atom stereocenters. The SMILES string of the molecule is Cl.O=C(CC12CC3CC(CC(C3)C1)C2)NCC(=O)N[C@H]1CCCNC1. The molecule has 5 nitrogen and oxygen atoms in total. The highest BCUT2D eigenvalue weighted by atomic mass is 35.5. The van der Waals surface area contributed by atoms with Crippen LogP contribution in [-0.4, -0.2) is 37.5 Å². The van der Waals surface area contributed by atoms with Crippen molar-refractivity contribution in [1.29, 1.82) is 0 Å². The molecule has 1 saturated heterocycles. The molecular formula is C19H32ClN3O2. The maximum atomic E-state index is 12.4. The van der Waals surface area contributed by atoms with E-state index in [9.17, 15) is 9.59 Å². The van der Waals surface area contributed by atoms with E-state index in [1.165, 1.54) is 38.5 Å². The van der Waals surface area contributed by atoms with E-state index >= 15 is 0 Å². The van der Waals surface area contributed by atoms with Crippen molar-refractivity contribution in [2.45, 2.75) is 63.8 Å². The summed E-state index contributed by atoms with van der Waals surface area (Å²) < 4.78 is 0. The zero-order valence-corrected chi connectivity index (χ0v) is 15.8. The molecule has 3 N–H and O–H groups in total. The van der Waals surface area contributed by atoms with Crippen LogP contribution < -0.4 is 16.0 Å². The van der Waals surface area contributed by atoms with E-state index in [1.807, 2.05) is 0 Å². The van der Waals surface area contributed by atoms with Crippen molar-refractivity contribution in [3.8, 4) is 0 Å². The lowest BCUT2D eigenvalue weighted by Crippen LogP contribution is -2.50. The molecule has 0 aromatic carbocycles. The molecule has 4 saturated carbocycles. The molecule has 0 spiro atoms. The molecule has 25 heavy (non-hydrogen) atoms. The van der Waals surface area contributed by atoms with Gasteiger partial charge in [0.25, 0.3) is 0 Å². The Bertz CT molecular complexity index is 470. The van der Waals surface area contributed by atoms with Crippen LogP contribution in [0.3, 0.4) is 0 Å². The monoisotopic (exact) mass is 369 g/mol. The third kappa shape index (κ3) is 4.48. The van der Waals surface area contributed by atoms with Gasteiger partial charge in [0.2, 0.25) is 11.8 Å². The predicted molar refractivity (Wildman–Crippen MR) is 99.5 cm³/mol. The summed E-state index contributed by atoms with van der Waals surface area (Å²) in [6.45, 7) is 2.00. The minimum absolute atomic E-state index is 0. The third-order valence-electron chi connectivity index (χ3n) is 6.81. The van der Waals surface area contributed by atoms with Crippen molar-refractivity contribution in [3.63, 3.8) is 0 Å². The van der Waals surface area contributed by atoms with Crippen LogP contribution in [0, 0.1) is 23.2 Å². The number of carbonyl (C=O) groups excluding carboxylic acids is 2. The molecule has 142 valence electrons. The first-order valence-electron chi connectivity index (χ1n) is 9.87. The van der Waals surface area contributed by atoms with E-state index in [2.05, 4.69) is 16.0 Å². The van der Waals surface area contributed by atoms with Crippen molar-refractivity contribution in [3.05, 3.63) is 0 Å². The minimum atomic E-state index is -0.0532. The van der Waals surface area contributed by atoms with Gasteiger partial charge in [-0.05, 0) is 81.1 Å². The number of halogens is 1. The quantitative estimate of drug-likeness (QED) is 0.694. The normalized spacial score (nSPS) is 38.7. The number of carbonyl (C=O) groups is 2. The molecule has 1 aliphatic heterocycles. The Kier molecular flexibility index (Phi) is 5.94. The Morgan fingerprint density at radius 2 is 1.64 bits per heavy atom. The summed E-state index contributed by atoms with van der Waals surface area (Å²) in [7, 11) is 0. The van der Waals surface area contributed by atoms with Gasteiger partial charge in [0.1, 0.15) is 0 Å². The van der Waals surface area contributed by atoms with Crippen LogP contribution in [0.2, 0.25) is 0 Å². The number of rotatable bonds is 5. The van der Waals surface area contributed by atoms with Gasteiger partial charge in [-0.1, -0.05) is 0 Å². The second-order valence-electron chi connectivity index (χ2n) is 8.98. The second kappa shape index (κ2) is 7.83. The van der Waals surface area contributed by atoms with Gasteiger partial charge in [-0.3, -0.25) is 9.59 Å². The van der Waals surface area contributed by atoms with E-state index < -0.39 is 0 Å². The van der Waals surface area contributed by atoms with Crippen LogP contribution in [0.4, 0.5) is 0 Å². The summed E-state index contributed by atoms with van der Waals surface area (Å²) in [5, 5.41) is 9.18. The van der Waals surface area contributed by atoms with Gasteiger partial charge in [-0.2, -0.15) is 0 Å². The van der Waals surface area contributed by atoms with E-state index in [0.29, 0.717) is 6.42 Å². The molecule has 0 radical (unpaired) electrons. The van der Waals surface area contributed by atoms with Crippen molar-refractivity contribution in [2.24, 2.45) is 23.2 Å². The molecule has 2 amide bonds. The van der Waals surface area contributed by atoms with E-state index in [-0.39, 0.29) is 42.2 Å². The Labute approximate surface area is 156 Å². The molecule has 5 aliphatic rings. The van der Waals surface area contributed by atoms with Crippen LogP contribution in [0.15, 0.2) is 0 Å². The smallest absolute Gasteiger partial charge is 0.239 e. The third-order valence-corrected chi connectivity index (χ3v) is 6.81. The lowest BCUT2D eigenvalue weighted by atomic mass is 9.49. The van der Waals surface area contributed by atoms with Crippen LogP contribution >= 0.6 is 12.4 Å². The van der Waals surface area contributed by atoms with Gasteiger partial charge in [0, 0.05) is 19.0 Å². The Balaban J connectivity index is 0.00000182. The number of nitrogens with one attached hydrogen (secondary N) is 3. The fourth-order valence-corrected chi connectivity index (χ4v) is 6.34. The van der Waals surface area contributed by atoms with E-state index in [1.54, 1.807) is 0 Å². The van der Waals surface area contributed by atoms with Crippen LogP contribution in [0.25, 0.3) is 0 Å². The highest BCUT2D eigenvalue weighted by molar-refractivity contribution is 5.85. The van der Waals surface area contributed by atoms with Crippen molar-refractivity contribution >= 4 is 24.2 Å². The molecule has 0 aromatic heterocycles.